The Kier molecular flexibility index (Phi) is 3.28. The molecule has 1 saturated heterocycles. The Labute approximate surface area is 115 Å². The minimum atomic E-state index is -0.628. The highest BCUT2D eigenvalue weighted by atomic mass is 16.4. The summed E-state index contributed by atoms with van der Waals surface area (Å²) in [5.41, 5.74) is -0.129. The fraction of sp³-hybridized carbons (Fsp3) is 0.333. The zero-order chi connectivity index (χ0) is 14.1. The van der Waals surface area contributed by atoms with Gasteiger partial charge in [-0.05, 0) is 25.0 Å². The van der Waals surface area contributed by atoms with Crippen LogP contribution in [0.4, 0.5) is 0 Å². The standard InChI is InChI=1S/C15H15NO4/c17-9-11-5-3-7-16(11)14(18)12-8-10-4-1-2-6-13(10)20-15(12)19/h1-2,4,6,8,11,17H,3,5,7,9H2/t11-/m1/s1. The average Bonchev–Trinajstić information content (AvgIpc) is 2.94. The number of hydrogen-bond donors (Lipinski definition) is 1. The van der Waals surface area contributed by atoms with Gasteiger partial charge in [0.1, 0.15) is 11.1 Å². The molecule has 1 aromatic heterocycles. The van der Waals surface area contributed by atoms with Gasteiger partial charge < -0.3 is 14.4 Å². The monoisotopic (exact) mass is 273 g/mol. The second-order valence-electron chi connectivity index (χ2n) is 4.96. The molecule has 3 rings (SSSR count). The van der Waals surface area contributed by atoms with Gasteiger partial charge in [-0.2, -0.15) is 0 Å². The van der Waals surface area contributed by atoms with Crippen LogP contribution in [0.2, 0.25) is 0 Å². The number of benzene rings is 1. The molecule has 104 valence electrons. The highest BCUT2D eigenvalue weighted by molar-refractivity contribution is 5.97. The van der Waals surface area contributed by atoms with Gasteiger partial charge in [0, 0.05) is 11.9 Å². The number of aliphatic hydroxyl groups excluding tert-OH is 1. The number of fused-ring (bicyclic) bond motifs is 1. The summed E-state index contributed by atoms with van der Waals surface area (Å²) < 4.78 is 5.18. The van der Waals surface area contributed by atoms with E-state index in [-0.39, 0.29) is 24.1 Å². The van der Waals surface area contributed by atoms with E-state index in [9.17, 15) is 14.7 Å². The third-order valence-corrected chi connectivity index (χ3v) is 3.72. The Bertz CT molecular complexity index is 706. The molecule has 1 atom stereocenters. The van der Waals surface area contributed by atoms with Crippen LogP contribution in [0.25, 0.3) is 11.0 Å². The van der Waals surface area contributed by atoms with Crippen LogP contribution in [-0.2, 0) is 0 Å². The second kappa shape index (κ2) is 5.09. The van der Waals surface area contributed by atoms with Gasteiger partial charge in [0.15, 0.2) is 0 Å². The molecular formula is C15H15NO4. The van der Waals surface area contributed by atoms with E-state index in [1.54, 1.807) is 29.2 Å². The van der Waals surface area contributed by atoms with E-state index in [1.807, 2.05) is 6.07 Å². The summed E-state index contributed by atoms with van der Waals surface area (Å²) in [4.78, 5) is 25.9. The molecule has 0 saturated carbocycles. The fourth-order valence-corrected chi connectivity index (χ4v) is 2.66. The van der Waals surface area contributed by atoms with Gasteiger partial charge in [0.05, 0.1) is 12.6 Å². The Balaban J connectivity index is 2.03. The number of hydrogen-bond acceptors (Lipinski definition) is 4. The minimum Gasteiger partial charge on any atom is -0.422 e. The zero-order valence-corrected chi connectivity index (χ0v) is 10.9. The molecule has 0 aliphatic carbocycles. The summed E-state index contributed by atoms with van der Waals surface area (Å²) in [6, 6.07) is 8.45. The van der Waals surface area contributed by atoms with Crippen molar-refractivity contribution in [2.45, 2.75) is 18.9 Å². The molecule has 1 aliphatic rings. The third kappa shape index (κ3) is 2.10. The van der Waals surface area contributed by atoms with Crippen LogP contribution < -0.4 is 5.63 Å². The van der Waals surface area contributed by atoms with Crippen molar-refractivity contribution in [1.82, 2.24) is 4.90 Å². The molecule has 1 aliphatic heterocycles. The molecule has 1 N–H and O–H groups in total. The van der Waals surface area contributed by atoms with E-state index < -0.39 is 5.63 Å². The predicted octanol–water partition coefficient (Wildman–Crippen LogP) is 1.39. The number of carbonyl (C=O) groups excluding carboxylic acids is 1. The highest BCUT2D eigenvalue weighted by Gasteiger charge is 2.30. The summed E-state index contributed by atoms with van der Waals surface area (Å²) in [7, 11) is 0. The lowest BCUT2D eigenvalue weighted by Gasteiger charge is -2.22. The summed E-state index contributed by atoms with van der Waals surface area (Å²) in [5, 5.41) is 10.00. The molecule has 0 spiro atoms. The van der Waals surface area contributed by atoms with Crippen molar-refractivity contribution >= 4 is 16.9 Å². The number of amides is 1. The summed E-state index contributed by atoms with van der Waals surface area (Å²) in [6.45, 7) is 0.487. The predicted molar refractivity (Wildman–Crippen MR) is 73.6 cm³/mol. The quantitative estimate of drug-likeness (QED) is 0.839. The summed E-state index contributed by atoms with van der Waals surface area (Å²) in [5.74, 6) is -0.360. The largest absolute Gasteiger partial charge is 0.422 e. The van der Waals surface area contributed by atoms with Crippen molar-refractivity contribution < 1.29 is 14.3 Å². The smallest absolute Gasteiger partial charge is 0.349 e. The number of carbonyl (C=O) groups is 1. The second-order valence-corrected chi connectivity index (χ2v) is 4.96. The molecule has 20 heavy (non-hydrogen) atoms. The van der Waals surface area contributed by atoms with Gasteiger partial charge in [-0.3, -0.25) is 4.79 Å². The van der Waals surface area contributed by atoms with Crippen LogP contribution in [0, 0.1) is 0 Å². The molecule has 2 heterocycles. The van der Waals surface area contributed by atoms with E-state index in [0.717, 1.165) is 18.2 Å². The van der Waals surface area contributed by atoms with Gasteiger partial charge in [0.25, 0.3) is 5.91 Å². The van der Waals surface area contributed by atoms with Crippen LogP contribution in [0.15, 0.2) is 39.5 Å². The van der Waals surface area contributed by atoms with Gasteiger partial charge >= 0.3 is 5.63 Å². The van der Waals surface area contributed by atoms with E-state index in [0.29, 0.717) is 12.1 Å². The van der Waals surface area contributed by atoms with E-state index in [2.05, 4.69) is 0 Å². The highest BCUT2D eigenvalue weighted by Crippen LogP contribution is 2.20. The molecule has 2 aromatic rings. The van der Waals surface area contributed by atoms with Crippen molar-refractivity contribution in [1.29, 1.82) is 0 Å². The van der Waals surface area contributed by atoms with Crippen molar-refractivity contribution in [3.8, 4) is 0 Å². The zero-order valence-electron chi connectivity index (χ0n) is 10.9. The van der Waals surface area contributed by atoms with Crippen LogP contribution in [0.5, 0.6) is 0 Å². The molecule has 0 bridgehead atoms. The maximum atomic E-state index is 12.4. The van der Waals surface area contributed by atoms with E-state index in [4.69, 9.17) is 4.42 Å². The van der Waals surface area contributed by atoms with E-state index >= 15 is 0 Å². The lowest BCUT2D eigenvalue weighted by atomic mass is 10.1. The molecule has 1 aromatic carbocycles. The van der Waals surface area contributed by atoms with Gasteiger partial charge in [-0.25, -0.2) is 4.79 Å². The van der Waals surface area contributed by atoms with Crippen molar-refractivity contribution in [3.63, 3.8) is 0 Å². The Hall–Kier alpha value is -2.14. The molecule has 1 amide bonds. The first-order valence-electron chi connectivity index (χ1n) is 6.65. The third-order valence-electron chi connectivity index (χ3n) is 3.72. The Morgan fingerprint density at radius 2 is 2.20 bits per heavy atom. The molecule has 1 fully saturated rings. The van der Waals surface area contributed by atoms with Crippen LogP contribution in [-0.4, -0.2) is 35.1 Å². The summed E-state index contributed by atoms with van der Waals surface area (Å²) in [6.07, 6.45) is 1.61. The molecular weight excluding hydrogens is 258 g/mol. The molecule has 5 nitrogen and oxygen atoms in total. The number of aliphatic hydroxyl groups is 1. The maximum absolute atomic E-state index is 12.4. The molecule has 0 radical (unpaired) electrons. The van der Waals surface area contributed by atoms with Crippen LogP contribution in [0.1, 0.15) is 23.2 Å². The van der Waals surface area contributed by atoms with E-state index in [1.165, 1.54) is 0 Å². The van der Waals surface area contributed by atoms with Gasteiger partial charge in [0.2, 0.25) is 0 Å². The van der Waals surface area contributed by atoms with Crippen LogP contribution in [0.3, 0.4) is 0 Å². The minimum absolute atomic E-state index is 0.0315. The Morgan fingerprint density at radius 1 is 1.40 bits per heavy atom. The Morgan fingerprint density at radius 3 is 3.00 bits per heavy atom. The summed E-state index contributed by atoms with van der Waals surface area (Å²) >= 11 is 0. The first-order chi connectivity index (χ1) is 9.70. The first-order valence-corrected chi connectivity index (χ1v) is 6.65. The topological polar surface area (TPSA) is 70.8 Å². The number of likely N-dealkylation sites (tertiary alicyclic amines) is 1. The van der Waals surface area contributed by atoms with Crippen LogP contribution >= 0.6 is 0 Å². The SMILES string of the molecule is O=C(c1cc2ccccc2oc1=O)N1CCC[C@@H]1CO. The van der Waals surface area contributed by atoms with Crippen molar-refractivity contribution in [2.75, 3.05) is 13.2 Å². The first kappa shape index (κ1) is 12.9. The molecule has 5 heteroatoms. The number of para-hydroxylation sites is 1. The van der Waals surface area contributed by atoms with Crippen molar-refractivity contribution in [2.24, 2.45) is 0 Å². The lowest BCUT2D eigenvalue weighted by molar-refractivity contribution is 0.0673. The molecule has 0 unspecified atom stereocenters. The average molecular weight is 273 g/mol. The van der Waals surface area contributed by atoms with Gasteiger partial charge in [-0.1, -0.05) is 18.2 Å². The number of nitrogens with zero attached hydrogens (tertiary/aromatic N) is 1. The fourth-order valence-electron chi connectivity index (χ4n) is 2.66. The van der Waals surface area contributed by atoms with Gasteiger partial charge in [-0.15, -0.1) is 0 Å². The maximum Gasteiger partial charge on any atom is 0.349 e. The number of rotatable bonds is 2. The van der Waals surface area contributed by atoms with Crippen molar-refractivity contribution in [3.05, 3.63) is 46.3 Å². The lowest BCUT2D eigenvalue weighted by Crippen LogP contribution is -2.39. The normalized spacial score (nSPS) is 18.6.